The second kappa shape index (κ2) is 4.35. The summed E-state index contributed by atoms with van der Waals surface area (Å²) in [5.74, 6) is -4.51. The number of rotatable bonds is 1. The maximum absolute atomic E-state index is 9.74. The van der Waals surface area contributed by atoms with Crippen LogP contribution in [0.1, 0.15) is 0 Å². The number of carbonyl (C=O) groups excluding carboxylic acids is 2. The van der Waals surface area contributed by atoms with Crippen LogP contribution in [0.2, 0.25) is 0 Å². The number of carbonyl (C=O) groups is 2. The van der Waals surface area contributed by atoms with Gasteiger partial charge < -0.3 is 14.1 Å². The molecule has 9 heteroatoms. The number of hydrogen-bond donors (Lipinski definition) is 1. The third-order valence-electron chi connectivity index (χ3n) is 0.348. The molecule has 0 saturated heterocycles. The summed E-state index contributed by atoms with van der Waals surface area (Å²) in [5.41, 5.74) is 0. The third-order valence-corrected chi connectivity index (χ3v) is 0.710. The average Bonchev–Trinajstić information content (AvgIpc) is 1.60. The zero-order valence-electron chi connectivity index (χ0n) is 5.30. The predicted molar refractivity (Wildman–Crippen MR) is 22.6 cm³/mol. The van der Waals surface area contributed by atoms with E-state index in [9.17, 15) is 23.1 Å². The number of carboxylic acids is 1. The first-order chi connectivity index (χ1) is 4.33. The van der Waals surface area contributed by atoms with Gasteiger partial charge in [0.2, 0.25) is 0 Å². The second-order valence-corrected chi connectivity index (χ2v) is 2.11. The minimum Gasteiger partial charge on any atom is -0.539 e. The summed E-state index contributed by atoms with van der Waals surface area (Å²) in [4.78, 5) is 19.2. The molecule has 1 N–H and O–H groups in total. The van der Waals surface area contributed by atoms with Crippen LogP contribution < -0.4 is 24.0 Å². The van der Waals surface area contributed by atoms with Crippen molar-refractivity contribution in [3.05, 3.63) is 0 Å². The van der Waals surface area contributed by atoms with Crippen LogP contribution in [-0.4, -0.2) is 24.9 Å². The van der Waals surface area contributed by atoms with Crippen molar-refractivity contribution in [3.8, 4) is 0 Å². The van der Waals surface area contributed by atoms with E-state index in [0.29, 0.717) is 0 Å². The van der Waals surface area contributed by atoms with E-state index in [0.717, 1.165) is 0 Å². The van der Waals surface area contributed by atoms with Crippen molar-refractivity contribution in [1.29, 1.82) is 0 Å². The summed E-state index contributed by atoms with van der Waals surface area (Å²) >= 11 is 0. The normalized spacial score (nSPS) is 9.55. The molecule has 0 radical (unpaired) electrons. The fourth-order valence-electron chi connectivity index (χ4n) is 0.130. The Morgan fingerprint density at radius 2 is 1.73 bits per heavy atom. The van der Waals surface area contributed by atoms with Gasteiger partial charge in [-0.3, -0.25) is 4.55 Å². The SMILES string of the molecule is O=C([O-])C(=O)OS(=O)(=O)O.[Li+]. The van der Waals surface area contributed by atoms with Crippen LogP contribution in [0.4, 0.5) is 0 Å². The monoisotopic (exact) mass is 176 g/mol. The Kier molecular flexibility index (Phi) is 5.17. The average molecular weight is 176 g/mol. The molecule has 0 aromatic heterocycles. The maximum Gasteiger partial charge on any atom is 1.00 e. The summed E-state index contributed by atoms with van der Waals surface area (Å²) < 4.78 is 29.7. The molecule has 0 aliphatic heterocycles. The van der Waals surface area contributed by atoms with Crippen molar-refractivity contribution in [3.63, 3.8) is 0 Å². The number of aliphatic carboxylic acids is 1. The van der Waals surface area contributed by atoms with Gasteiger partial charge in [0.25, 0.3) is 0 Å². The predicted octanol–water partition coefficient (Wildman–Crippen LogP) is -5.91. The van der Waals surface area contributed by atoms with Crippen molar-refractivity contribution >= 4 is 22.3 Å². The summed E-state index contributed by atoms with van der Waals surface area (Å²) in [6, 6.07) is 0. The third kappa shape index (κ3) is 7.34. The zero-order valence-corrected chi connectivity index (χ0v) is 6.12. The van der Waals surface area contributed by atoms with Gasteiger partial charge in [0, 0.05) is 0 Å². The van der Waals surface area contributed by atoms with Gasteiger partial charge in [0.15, 0.2) is 5.97 Å². The van der Waals surface area contributed by atoms with E-state index in [2.05, 4.69) is 4.18 Å². The van der Waals surface area contributed by atoms with Gasteiger partial charge in [-0.15, -0.1) is 0 Å². The van der Waals surface area contributed by atoms with E-state index in [1.807, 2.05) is 0 Å². The fraction of sp³-hybridized carbons (Fsp3) is 0. The Balaban J connectivity index is 0. The molecule has 58 valence electrons. The fourth-order valence-corrected chi connectivity index (χ4v) is 0.389. The topological polar surface area (TPSA) is 121 Å². The Morgan fingerprint density at radius 1 is 1.36 bits per heavy atom. The van der Waals surface area contributed by atoms with Crippen molar-refractivity contribution in [1.82, 2.24) is 0 Å². The molecule has 0 amide bonds. The molecule has 0 atom stereocenters. The molecule has 0 rings (SSSR count). The van der Waals surface area contributed by atoms with Crippen LogP contribution in [0.25, 0.3) is 0 Å². The van der Waals surface area contributed by atoms with Crippen LogP contribution in [0, 0.1) is 0 Å². The molecule has 0 spiro atoms. The van der Waals surface area contributed by atoms with E-state index in [-0.39, 0.29) is 18.9 Å². The molecule has 0 bridgehead atoms. The van der Waals surface area contributed by atoms with E-state index >= 15 is 0 Å². The van der Waals surface area contributed by atoms with Crippen LogP contribution >= 0.6 is 0 Å². The largest absolute Gasteiger partial charge is 1.00 e. The second-order valence-electron chi connectivity index (χ2n) is 1.09. The molecular formula is C2HLiO7S. The molecule has 0 aromatic carbocycles. The molecule has 11 heavy (non-hydrogen) atoms. The van der Waals surface area contributed by atoms with Crippen molar-refractivity contribution < 1.29 is 50.7 Å². The Morgan fingerprint density at radius 3 is 1.82 bits per heavy atom. The summed E-state index contributed by atoms with van der Waals surface area (Å²) in [7, 11) is -5.04. The molecule has 0 heterocycles. The first-order valence-electron chi connectivity index (χ1n) is 1.75. The van der Waals surface area contributed by atoms with Gasteiger partial charge in [-0.1, -0.05) is 0 Å². The van der Waals surface area contributed by atoms with Crippen LogP contribution in [0.15, 0.2) is 0 Å². The molecule has 0 fully saturated rings. The first-order valence-corrected chi connectivity index (χ1v) is 3.11. The summed E-state index contributed by atoms with van der Waals surface area (Å²) in [5, 5.41) is 9.42. The van der Waals surface area contributed by atoms with Gasteiger partial charge in [0.05, 0.1) is 0 Å². The summed E-state index contributed by atoms with van der Waals surface area (Å²) in [6.45, 7) is 0. The van der Waals surface area contributed by atoms with E-state index in [1.165, 1.54) is 0 Å². The smallest absolute Gasteiger partial charge is 0.539 e. The van der Waals surface area contributed by atoms with Gasteiger partial charge in [-0.05, 0) is 0 Å². The van der Waals surface area contributed by atoms with E-state index in [1.54, 1.807) is 0 Å². The maximum atomic E-state index is 9.74. The Bertz CT molecular complexity index is 252. The van der Waals surface area contributed by atoms with Gasteiger partial charge in [0.1, 0.15) is 0 Å². The Labute approximate surface area is 73.5 Å². The number of hydrogen-bond acceptors (Lipinski definition) is 6. The molecule has 7 nitrogen and oxygen atoms in total. The van der Waals surface area contributed by atoms with Crippen molar-refractivity contribution in [2.24, 2.45) is 0 Å². The summed E-state index contributed by atoms with van der Waals surface area (Å²) in [6.07, 6.45) is 0. The Hall–Kier alpha value is -0.553. The van der Waals surface area contributed by atoms with Crippen molar-refractivity contribution in [2.45, 2.75) is 0 Å². The first kappa shape index (κ1) is 13.1. The van der Waals surface area contributed by atoms with E-state index in [4.69, 9.17) is 4.55 Å². The van der Waals surface area contributed by atoms with Crippen molar-refractivity contribution in [2.75, 3.05) is 0 Å². The quantitative estimate of drug-likeness (QED) is 0.240. The minimum atomic E-state index is -5.04. The molecule has 0 unspecified atom stereocenters. The van der Waals surface area contributed by atoms with Gasteiger partial charge in [-0.25, -0.2) is 4.79 Å². The minimum absolute atomic E-state index is 0. The zero-order chi connectivity index (χ0) is 8.36. The number of carboxylic acid groups (broad SMARTS) is 1. The molecule has 0 aliphatic rings. The van der Waals surface area contributed by atoms with Gasteiger partial charge >= 0.3 is 35.2 Å². The van der Waals surface area contributed by atoms with Crippen LogP contribution in [0.5, 0.6) is 0 Å². The van der Waals surface area contributed by atoms with E-state index < -0.39 is 22.3 Å². The molecule has 0 saturated carbocycles. The standard InChI is InChI=1S/C2H2O7S.Li/c3-1(4)2(5)9-10(6,7)8;/h(H,3,4)(H,6,7,8);/q;+1/p-1. The molecular weight excluding hydrogens is 175 g/mol. The van der Waals surface area contributed by atoms with Gasteiger partial charge in [-0.2, -0.15) is 8.42 Å². The molecule has 0 aromatic rings. The molecule has 0 aliphatic carbocycles. The van der Waals surface area contributed by atoms with Crippen LogP contribution in [0.3, 0.4) is 0 Å². The van der Waals surface area contributed by atoms with Crippen LogP contribution in [-0.2, 0) is 24.2 Å².